The molecule has 0 radical (unpaired) electrons. The second kappa shape index (κ2) is 5.23. The van der Waals surface area contributed by atoms with Crippen molar-refractivity contribution in [3.63, 3.8) is 0 Å². The van der Waals surface area contributed by atoms with Crippen molar-refractivity contribution in [1.82, 2.24) is 9.88 Å². The highest BCUT2D eigenvalue weighted by Crippen LogP contribution is 2.18. The maximum atomic E-state index is 11.9. The fraction of sp³-hybridized carbons (Fsp3) is 0.583. The van der Waals surface area contributed by atoms with Crippen LogP contribution < -0.4 is 11.1 Å². The third-order valence-electron chi connectivity index (χ3n) is 2.77. The van der Waals surface area contributed by atoms with Crippen molar-refractivity contribution in [2.24, 2.45) is 12.5 Å². The van der Waals surface area contributed by atoms with E-state index >= 15 is 0 Å². The van der Waals surface area contributed by atoms with Crippen LogP contribution in [0.15, 0.2) is 12.3 Å². The molecular weight excluding hydrogens is 218 g/mol. The molecule has 4 N–H and O–H groups in total. The van der Waals surface area contributed by atoms with Gasteiger partial charge in [0.25, 0.3) is 5.91 Å². The average molecular weight is 239 g/mol. The Morgan fingerprint density at radius 2 is 2.24 bits per heavy atom. The third kappa shape index (κ3) is 3.78. The second-order valence-electron chi connectivity index (χ2n) is 5.09. The lowest BCUT2D eigenvalue weighted by molar-refractivity contribution is 0.0920. The van der Waals surface area contributed by atoms with Gasteiger partial charge in [0.15, 0.2) is 0 Å². The van der Waals surface area contributed by atoms with E-state index in [0.717, 1.165) is 0 Å². The van der Waals surface area contributed by atoms with E-state index in [1.54, 1.807) is 23.9 Å². The van der Waals surface area contributed by atoms with Gasteiger partial charge >= 0.3 is 0 Å². The first-order valence-corrected chi connectivity index (χ1v) is 5.66. The zero-order valence-corrected chi connectivity index (χ0v) is 10.7. The van der Waals surface area contributed by atoms with Gasteiger partial charge in [0.2, 0.25) is 0 Å². The van der Waals surface area contributed by atoms with E-state index in [4.69, 9.17) is 10.8 Å². The molecule has 0 aromatic carbocycles. The van der Waals surface area contributed by atoms with Gasteiger partial charge < -0.3 is 20.7 Å². The molecule has 0 bridgehead atoms. The van der Waals surface area contributed by atoms with Crippen molar-refractivity contribution in [2.75, 3.05) is 18.9 Å². The summed E-state index contributed by atoms with van der Waals surface area (Å²) in [5.41, 5.74) is 6.62. The number of aliphatic hydroxyl groups is 1. The number of aryl methyl sites for hydroxylation is 1. The van der Waals surface area contributed by atoms with Crippen molar-refractivity contribution in [3.05, 3.63) is 18.0 Å². The third-order valence-corrected chi connectivity index (χ3v) is 2.77. The summed E-state index contributed by atoms with van der Waals surface area (Å²) in [6.45, 7) is 4.66. The van der Waals surface area contributed by atoms with Crippen molar-refractivity contribution < 1.29 is 9.90 Å². The SMILES string of the molecule is Cn1cc(N)cc1C(=O)NCC(C)(C)CCO. The number of nitrogens with one attached hydrogen (secondary N) is 1. The van der Waals surface area contributed by atoms with E-state index in [2.05, 4.69) is 5.32 Å². The minimum atomic E-state index is -0.143. The molecule has 0 aliphatic rings. The smallest absolute Gasteiger partial charge is 0.267 e. The van der Waals surface area contributed by atoms with Gasteiger partial charge in [-0.15, -0.1) is 0 Å². The average Bonchev–Trinajstić information content (AvgIpc) is 2.54. The standard InChI is InChI=1S/C12H21N3O2/c1-12(2,4-5-16)8-14-11(17)10-6-9(13)7-15(10)3/h6-7,16H,4-5,8,13H2,1-3H3,(H,14,17). The molecule has 5 heteroatoms. The zero-order valence-electron chi connectivity index (χ0n) is 10.7. The number of anilines is 1. The van der Waals surface area contributed by atoms with Crippen LogP contribution in [0.1, 0.15) is 30.8 Å². The number of rotatable bonds is 5. The quantitative estimate of drug-likeness (QED) is 0.709. The molecule has 1 amide bonds. The molecule has 17 heavy (non-hydrogen) atoms. The van der Waals surface area contributed by atoms with Gasteiger partial charge in [0.1, 0.15) is 5.69 Å². The normalized spacial score (nSPS) is 11.5. The van der Waals surface area contributed by atoms with E-state index < -0.39 is 0 Å². The first-order valence-electron chi connectivity index (χ1n) is 5.66. The Kier molecular flexibility index (Phi) is 4.17. The maximum Gasteiger partial charge on any atom is 0.267 e. The molecule has 0 saturated heterocycles. The van der Waals surface area contributed by atoms with Gasteiger partial charge in [-0.2, -0.15) is 0 Å². The first-order chi connectivity index (χ1) is 7.85. The highest BCUT2D eigenvalue weighted by atomic mass is 16.3. The summed E-state index contributed by atoms with van der Waals surface area (Å²) in [6.07, 6.45) is 2.36. The molecule has 1 heterocycles. The molecule has 1 aromatic rings. The van der Waals surface area contributed by atoms with Crippen LogP contribution in [0.2, 0.25) is 0 Å². The van der Waals surface area contributed by atoms with E-state index in [9.17, 15) is 4.79 Å². The van der Waals surface area contributed by atoms with Crippen LogP contribution in [0, 0.1) is 5.41 Å². The largest absolute Gasteiger partial charge is 0.397 e. The Hall–Kier alpha value is -1.49. The summed E-state index contributed by atoms with van der Waals surface area (Å²) in [6, 6.07) is 1.65. The van der Waals surface area contributed by atoms with E-state index in [-0.39, 0.29) is 17.9 Å². The van der Waals surface area contributed by atoms with Gasteiger partial charge in [-0.25, -0.2) is 0 Å². The Balaban J connectivity index is 2.59. The topological polar surface area (TPSA) is 80.3 Å². The molecule has 96 valence electrons. The van der Waals surface area contributed by atoms with Gasteiger partial charge in [0, 0.05) is 26.4 Å². The molecule has 1 rings (SSSR count). The number of aromatic nitrogens is 1. The number of carbonyl (C=O) groups excluding carboxylic acids is 1. The van der Waals surface area contributed by atoms with Crippen LogP contribution in [-0.2, 0) is 7.05 Å². The molecule has 0 aliphatic heterocycles. The number of carbonyl (C=O) groups is 1. The van der Waals surface area contributed by atoms with E-state index in [0.29, 0.717) is 24.3 Å². The Labute approximate surface area is 102 Å². The summed E-state index contributed by atoms with van der Waals surface area (Å²) in [5.74, 6) is -0.143. The van der Waals surface area contributed by atoms with Crippen LogP contribution in [0.5, 0.6) is 0 Å². The summed E-state index contributed by atoms with van der Waals surface area (Å²) < 4.78 is 1.70. The number of amides is 1. The number of aliphatic hydroxyl groups excluding tert-OH is 1. The highest BCUT2D eigenvalue weighted by Gasteiger charge is 2.19. The molecule has 1 aromatic heterocycles. The van der Waals surface area contributed by atoms with Gasteiger partial charge in [-0.1, -0.05) is 13.8 Å². The van der Waals surface area contributed by atoms with Crippen molar-refractivity contribution in [2.45, 2.75) is 20.3 Å². The number of nitrogens with two attached hydrogens (primary N) is 1. The van der Waals surface area contributed by atoms with E-state index in [1.807, 2.05) is 13.8 Å². The molecule has 0 saturated carbocycles. The Morgan fingerprint density at radius 1 is 1.59 bits per heavy atom. The van der Waals surface area contributed by atoms with Crippen LogP contribution in [0.25, 0.3) is 0 Å². The predicted molar refractivity (Wildman–Crippen MR) is 67.6 cm³/mol. The fourth-order valence-electron chi connectivity index (χ4n) is 1.62. The molecule has 0 atom stereocenters. The van der Waals surface area contributed by atoms with Crippen LogP contribution in [0.4, 0.5) is 5.69 Å². The first kappa shape index (κ1) is 13.6. The minimum Gasteiger partial charge on any atom is -0.397 e. The summed E-state index contributed by atoms with van der Waals surface area (Å²) in [4.78, 5) is 11.9. The van der Waals surface area contributed by atoms with Crippen LogP contribution >= 0.6 is 0 Å². The molecular formula is C12H21N3O2. The van der Waals surface area contributed by atoms with Gasteiger partial charge in [0.05, 0.1) is 5.69 Å². The molecule has 5 nitrogen and oxygen atoms in total. The number of hydrogen-bond acceptors (Lipinski definition) is 3. The monoisotopic (exact) mass is 239 g/mol. The maximum absolute atomic E-state index is 11.9. The van der Waals surface area contributed by atoms with E-state index in [1.165, 1.54) is 0 Å². The van der Waals surface area contributed by atoms with Crippen LogP contribution in [0.3, 0.4) is 0 Å². The van der Waals surface area contributed by atoms with Gasteiger partial charge in [-0.05, 0) is 17.9 Å². The molecule has 0 fully saturated rings. The minimum absolute atomic E-state index is 0.110. The Bertz CT molecular complexity index is 396. The van der Waals surface area contributed by atoms with Crippen molar-refractivity contribution >= 4 is 11.6 Å². The lowest BCUT2D eigenvalue weighted by Crippen LogP contribution is -2.35. The van der Waals surface area contributed by atoms with Gasteiger partial charge in [-0.3, -0.25) is 4.79 Å². The second-order valence-corrected chi connectivity index (χ2v) is 5.09. The number of nitrogens with zero attached hydrogens (tertiary/aromatic N) is 1. The summed E-state index contributed by atoms with van der Waals surface area (Å²) in [7, 11) is 1.78. The number of nitrogen functional groups attached to an aromatic ring is 1. The number of hydrogen-bond donors (Lipinski definition) is 3. The molecule has 0 unspecified atom stereocenters. The molecule has 0 aliphatic carbocycles. The highest BCUT2D eigenvalue weighted by molar-refractivity contribution is 5.93. The van der Waals surface area contributed by atoms with Crippen molar-refractivity contribution in [3.8, 4) is 0 Å². The zero-order chi connectivity index (χ0) is 13.1. The molecule has 0 spiro atoms. The summed E-state index contributed by atoms with van der Waals surface area (Å²) in [5, 5.41) is 11.8. The van der Waals surface area contributed by atoms with Crippen molar-refractivity contribution in [1.29, 1.82) is 0 Å². The predicted octanol–water partition coefficient (Wildman–Crippen LogP) is 0.746. The fourth-order valence-corrected chi connectivity index (χ4v) is 1.62. The van der Waals surface area contributed by atoms with Crippen LogP contribution in [-0.4, -0.2) is 28.7 Å². The summed E-state index contributed by atoms with van der Waals surface area (Å²) >= 11 is 0. The lowest BCUT2D eigenvalue weighted by atomic mass is 9.90. The lowest BCUT2D eigenvalue weighted by Gasteiger charge is -2.23. The Morgan fingerprint density at radius 3 is 2.71 bits per heavy atom.